The van der Waals surface area contributed by atoms with Crippen molar-refractivity contribution in [3.05, 3.63) is 15.1 Å². The molecule has 1 aromatic heterocycles. The number of rotatable bonds is 5. The Morgan fingerprint density at radius 3 is 2.53 bits per heavy atom. The van der Waals surface area contributed by atoms with Crippen LogP contribution < -0.4 is 5.32 Å². The van der Waals surface area contributed by atoms with E-state index in [1.54, 1.807) is 0 Å². The van der Waals surface area contributed by atoms with Crippen molar-refractivity contribution < 1.29 is 0 Å². The summed E-state index contributed by atoms with van der Waals surface area (Å²) in [6.45, 7) is 7.54. The average Bonchev–Trinajstić information content (AvgIpc) is 2.87. The third-order valence-electron chi connectivity index (χ3n) is 3.60. The van der Waals surface area contributed by atoms with Crippen molar-refractivity contribution in [2.45, 2.75) is 58.8 Å². The largest absolute Gasteiger partial charge is 0.369 e. The molecule has 1 N–H and O–H groups in total. The first-order chi connectivity index (χ1) is 9.11. The highest BCUT2D eigenvalue weighted by Gasteiger charge is 2.22. The van der Waals surface area contributed by atoms with E-state index in [1.807, 2.05) is 0 Å². The number of hydrogen-bond acceptors (Lipinski definition) is 3. The van der Waals surface area contributed by atoms with Gasteiger partial charge in [-0.05, 0) is 54.7 Å². The number of nitrogens with zero attached hydrogens (tertiary/aromatic N) is 2. The summed E-state index contributed by atoms with van der Waals surface area (Å²) in [7, 11) is 0. The molecule has 0 aliphatic heterocycles. The number of halogens is 1. The van der Waals surface area contributed by atoms with E-state index < -0.39 is 0 Å². The molecule has 19 heavy (non-hydrogen) atoms. The van der Waals surface area contributed by atoms with E-state index >= 15 is 0 Å². The Balaban J connectivity index is 2.34. The van der Waals surface area contributed by atoms with E-state index in [4.69, 9.17) is 9.97 Å². The molecule has 1 aliphatic rings. The van der Waals surface area contributed by atoms with Crippen molar-refractivity contribution >= 4 is 28.4 Å². The zero-order valence-corrected chi connectivity index (χ0v) is 14.3. The second-order valence-corrected chi connectivity index (χ2v) is 6.88. The molecule has 1 aliphatic carbocycles. The van der Waals surface area contributed by atoms with Crippen LogP contribution in [0.2, 0.25) is 0 Å². The first kappa shape index (κ1) is 15.0. The zero-order chi connectivity index (χ0) is 13.8. The van der Waals surface area contributed by atoms with Crippen LogP contribution >= 0.6 is 22.6 Å². The second-order valence-electron chi connectivity index (χ2n) is 5.80. The van der Waals surface area contributed by atoms with Gasteiger partial charge in [-0.2, -0.15) is 0 Å². The highest BCUT2D eigenvalue weighted by Crippen LogP contribution is 2.34. The summed E-state index contributed by atoms with van der Waals surface area (Å²) in [5.41, 5.74) is 1.23. The lowest BCUT2D eigenvalue weighted by Crippen LogP contribution is -2.13. The third kappa shape index (κ3) is 3.80. The number of aromatic nitrogens is 2. The van der Waals surface area contributed by atoms with Gasteiger partial charge in [0.05, 0.1) is 9.26 Å². The molecule has 0 radical (unpaired) electrons. The van der Waals surface area contributed by atoms with Crippen LogP contribution in [0.15, 0.2) is 0 Å². The van der Waals surface area contributed by atoms with Gasteiger partial charge in [0.15, 0.2) is 0 Å². The van der Waals surface area contributed by atoms with Gasteiger partial charge >= 0.3 is 0 Å². The van der Waals surface area contributed by atoms with Crippen LogP contribution in [0.3, 0.4) is 0 Å². The molecule has 0 amide bonds. The summed E-state index contributed by atoms with van der Waals surface area (Å²) < 4.78 is 1.20. The number of hydrogen-bond donors (Lipinski definition) is 1. The van der Waals surface area contributed by atoms with Crippen molar-refractivity contribution in [1.82, 2.24) is 9.97 Å². The molecule has 2 rings (SSSR count). The van der Waals surface area contributed by atoms with E-state index in [9.17, 15) is 0 Å². The number of nitrogens with one attached hydrogen (secondary N) is 1. The summed E-state index contributed by atoms with van der Waals surface area (Å²) >= 11 is 2.39. The van der Waals surface area contributed by atoms with Gasteiger partial charge in [0, 0.05) is 12.5 Å². The van der Waals surface area contributed by atoms with Crippen LogP contribution in [0.5, 0.6) is 0 Å². The normalized spacial score (nSPS) is 16.3. The van der Waals surface area contributed by atoms with Crippen LogP contribution in [0, 0.1) is 9.49 Å². The van der Waals surface area contributed by atoms with Crippen molar-refractivity contribution in [2.24, 2.45) is 5.92 Å². The SMILES string of the molecule is CCNc1nc(C2CCCC2)nc(CC(C)C)c1I. The van der Waals surface area contributed by atoms with Gasteiger partial charge in [0.25, 0.3) is 0 Å². The fourth-order valence-corrected chi connectivity index (χ4v) is 3.34. The molecule has 1 saturated carbocycles. The van der Waals surface area contributed by atoms with Crippen LogP contribution in [0.25, 0.3) is 0 Å². The Bertz CT molecular complexity index is 426. The lowest BCUT2D eigenvalue weighted by atomic mass is 10.1. The lowest BCUT2D eigenvalue weighted by molar-refractivity contribution is 0.611. The minimum absolute atomic E-state index is 0.584. The maximum Gasteiger partial charge on any atom is 0.143 e. The fraction of sp³-hybridized carbons (Fsp3) is 0.733. The van der Waals surface area contributed by atoms with Crippen LogP contribution in [0.1, 0.15) is 63.9 Å². The van der Waals surface area contributed by atoms with Crippen molar-refractivity contribution in [2.75, 3.05) is 11.9 Å². The Kier molecular flexibility index (Phi) is 5.42. The molecule has 0 saturated heterocycles. The molecule has 3 nitrogen and oxygen atoms in total. The van der Waals surface area contributed by atoms with E-state index in [2.05, 4.69) is 48.7 Å². The van der Waals surface area contributed by atoms with Gasteiger partial charge in [0.2, 0.25) is 0 Å². The van der Waals surface area contributed by atoms with Gasteiger partial charge < -0.3 is 5.32 Å². The molecular formula is C15H24IN3. The highest BCUT2D eigenvalue weighted by molar-refractivity contribution is 14.1. The van der Waals surface area contributed by atoms with Crippen molar-refractivity contribution in [3.63, 3.8) is 0 Å². The van der Waals surface area contributed by atoms with Gasteiger partial charge in [-0.25, -0.2) is 9.97 Å². The molecule has 106 valence electrons. The van der Waals surface area contributed by atoms with E-state index in [0.717, 1.165) is 24.6 Å². The summed E-state index contributed by atoms with van der Waals surface area (Å²) in [5, 5.41) is 3.39. The molecule has 0 spiro atoms. The smallest absolute Gasteiger partial charge is 0.143 e. The second kappa shape index (κ2) is 6.86. The van der Waals surface area contributed by atoms with Crippen molar-refractivity contribution in [3.8, 4) is 0 Å². The van der Waals surface area contributed by atoms with E-state index in [-0.39, 0.29) is 0 Å². The Morgan fingerprint density at radius 1 is 1.26 bits per heavy atom. The molecule has 0 aromatic carbocycles. The Morgan fingerprint density at radius 2 is 1.95 bits per heavy atom. The molecular weight excluding hydrogens is 349 g/mol. The Hall–Kier alpha value is -0.390. The first-order valence-electron chi connectivity index (χ1n) is 7.42. The Labute approximate surface area is 130 Å². The zero-order valence-electron chi connectivity index (χ0n) is 12.2. The molecule has 1 fully saturated rings. The molecule has 0 bridgehead atoms. The summed E-state index contributed by atoms with van der Waals surface area (Å²) in [6.07, 6.45) is 6.21. The minimum atomic E-state index is 0.584. The van der Waals surface area contributed by atoms with Gasteiger partial charge in [0.1, 0.15) is 11.6 Å². The monoisotopic (exact) mass is 373 g/mol. The maximum absolute atomic E-state index is 4.88. The maximum atomic E-state index is 4.88. The van der Waals surface area contributed by atoms with E-state index in [1.165, 1.54) is 34.9 Å². The van der Waals surface area contributed by atoms with Gasteiger partial charge in [-0.15, -0.1) is 0 Å². The molecule has 4 heteroatoms. The fourth-order valence-electron chi connectivity index (χ4n) is 2.69. The quantitative estimate of drug-likeness (QED) is 0.779. The third-order valence-corrected chi connectivity index (χ3v) is 4.74. The van der Waals surface area contributed by atoms with Crippen LogP contribution in [-0.4, -0.2) is 16.5 Å². The highest BCUT2D eigenvalue weighted by atomic mass is 127. The first-order valence-corrected chi connectivity index (χ1v) is 8.49. The molecule has 1 aromatic rings. The van der Waals surface area contributed by atoms with Gasteiger partial charge in [-0.1, -0.05) is 26.7 Å². The molecule has 1 heterocycles. The van der Waals surface area contributed by atoms with Crippen LogP contribution in [0.4, 0.5) is 5.82 Å². The van der Waals surface area contributed by atoms with Crippen LogP contribution in [-0.2, 0) is 6.42 Å². The average molecular weight is 373 g/mol. The molecule has 0 unspecified atom stereocenters. The predicted octanol–water partition coefficient (Wildman–Crippen LogP) is 4.37. The number of anilines is 1. The summed E-state index contributed by atoms with van der Waals surface area (Å²) in [4.78, 5) is 9.66. The predicted molar refractivity (Wildman–Crippen MR) is 88.7 cm³/mol. The minimum Gasteiger partial charge on any atom is -0.369 e. The lowest BCUT2D eigenvalue weighted by Gasteiger charge is -2.16. The standard InChI is InChI=1S/C15H24IN3/c1-4-17-15-13(16)12(9-10(2)3)18-14(19-15)11-7-5-6-8-11/h10-11H,4-9H2,1-3H3,(H,17,18,19). The topological polar surface area (TPSA) is 37.8 Å². The van der Waals surface area contributed by atoms with E-state index in [0.29, 0.717) is 11.8 Å². The van der Waals surface area contributed by atoms with Gasteiger partial charge in [-0.3, -0.25) is 0 Å². The summed E-state index contributed by atoms with van der Waals surface area (Å²) in [6, 6.07) is 0. The summed E-state index contributed by atoms with van der Waals surface area (Å²) in [5.74, 6) is 3.33. The molecule has 0 atom stereocenters. The van der Waals surface area contributed by atoms with Crippen molar-refractivity contribution in [1.29, 1.82) is 0 Å².